The van der Waals surface area contributed by atoms with Crippen molar-refractivity contribution in [2.45, 2.75) is 39.0 Å². The average Bonchev–Trinajstić information content (AvgIpc) is 3.28. The first-order valence-electron chi connectivity index (χ1n) is 7.72. The van der Waals surface area contributed by atoms with E-state index in [4.69, 9.17) is 5.11 Å². The molecule has 0 bridgehead atoms. The molecule has 1 atom stereocenters. The Morgan fingerprint density at radius 3 is 2.65 bits per heavy atom. The Morgan fingerprint density at radius 1 is 1.25 bits per heavy atom. The third-order valence-electron chi connectivity index (χ3n) is 3.74. The molecule has 3 N–H and O–H groups in total. The Bertz CT molecular complexity index is 389. The van der Waals surface area contributed by atoms with Gasteiger partial charge in [-0.2, -0.15) is 0 Å². The van der Waals surface area contributed by atoms with Crippen molar-refractivity contribution in [1.82, 2.24) is 9.97 Å². The van der Waals surface area contributed by atoms with Crippen LogP contribution in [0.25, 0.3) is 0 Å². The van der Waals surface area contributed by atoms with Crippen LogP contribution in [0.3, 0.4) is 0 Å². The van der Waals surface area contributed by atoms with E-state index >= 15 is 0 Å². The fourth-order valence-electron chi connectivity index (χ4n) is 2.31. The SMILES string of the molecule is CCCC(CCO)CNc1cc(NCC2CC2)ncn1. The number of hydrogen-bond donors (Lipinski definition) is 3. The molecular weight excluding hydrogens is 252 g/mol. The second-order valence-electron chi connectivity index (χ2n) is 5.66. The molecule has 1 unspecified atom stereocenters. The van der Waals surface area contributed by atoms with Crippen molar-refractivity contribution < 1.29 is 5.11 Å². The summed E-state index contributed by atoms with van der Waals surface area (Å²) in [6.45, 7) is 4.30. The van der Waals surface area contributed by atoms with Gasteiger partial charge in [0.25, 0.3) is 0 Å². The van der Waals surface area contributed by atoms with Gasteiger partial charge in [0.05, 0.1) is 0 Å². The molecule has 20 heavy (non-hydrogen) atoms. The zero-order valence-electron chi connectivity index (χ0n) is 12.3. The molecule has 0 aromatic carbocycles. The Kier molecular flexibility index (Phi) is 6.05. The summed E-state index contributed by atoms with van der Waals surface area (Å²) in [4.78, 5) is 8.49. The van der Waals surface area contributed by atoms with Gasteiger partial charge in [-0.15, -0.1) is 0 Å². The van der Waals surface area contributed by atoms with Gasteiger partial charge in [-0.1, -0.05) is 13.3 Å². The minimum atomic E-state index is 0.254. The summed E-state index contributed by atoms with van der Waals surface area (Å²) in [5, 5.41) is 15.8. The normalized spacial score (nSPS) is 15.9. The minimum absolute atomic E-state index is 0.254. The quantitative estimate of drug-likeness (QED) is 0.613. The highest BCUT2D eigenvalue weighted by Gasteiger charge is 2.20. The second kappa shape index (κ2) is 8.04. The van der Waals surface area contributed by atoms with Crippen molar-refractivity contribution in [2.24, 2.45) is 11.8 Å². The lowest BCUT2D eigenvalue weighted by Gasteiger charge is -2.16. The van der Waals surface area contributed by atoms with Crippen molar-refractivity contribution in [3.05, 3.63) is 12.4 Å². The Balaban J connectivity index is 1.79. The molecule has 1 aromatic heterocycles. The first kappa shape index (κ1) is 15.0. The maximum absolute atomic E-state index is 9.07. The van der Waals surface area contributed by atoms with Crippen LogP contribution in [0, 0.1) is 11.8 Å². The molecule has 1 saturated carbocycles. The highest BCUT2D eigenvalue weighted by molar-refractivity contribution is 5.46. The molecule has 5 heteroatoms. The Morgan fingerprint density at radius 2 is 2.00 bits per heavy atom. The second-order valence-corrected chi connectivity index (χ2v) is 5.66. The van der Waals surface area contributed by atoms with Crippen molar-refractivity contribution in [1.29, 1.82) is 0 Å². The highest BCUT2D eigenvalue weighted by Crippen LogP contribution is 2.28. The summed E-state index contributed by atoms with van der Waals surface area (Å²) >= 11 is 0. The van der Waals surface area contributed by atoms with Gasteiger partial charge in [-0.3, -0.25) is 0 Å². The maximum Gasteiger partial charge on any atom is 0.131 e. The number of aromatic nitrogens is 2. The molecule has 112 valence electrons. The van der Waals surface area contributed by atoms with E-state index < -0.39 is 0 Å². The van der Waals surface area contributed by atoms with Gasteiger partial charge < -0.3 is 15.7 Å². The van der Waals surface area contributed by atoms with Crippen molar-refractivity contribution in [3.63, 3.8) is 0 Å². The summed E-state index contributed by atoms with van der Waals surface area (Å²) in [7, 11) is 0. The molecular formula is C15H26N4O. The van der Waals surface area contributed by atoms with E-state index in [1.807, 2.05) is 6.07 Å². The molecule has 0 spiro atoms. The van der Waals surface area contributed by atoms with E-state index in [1.165, 1.54) is 12.8 Å². The zero-order valence-corrected chi connectivity index (χ0v) is 12.3. The molecule has 1 aliphatic rings. The van der Waals surface area contributed by atoms with Gasteiger partial charge >= 0.3 is 0 Å². The van der Waals surface area contributed by atoms with Gasteiger partial charge in [0.15, 0.2) is 0 Å². The predicted octanol–water partition coefficient (Wildman–Crippen LogP) is 2.51. The average molecular weight is 278 g/mol. The predicted molar refractivity (Wildman–Crippen MR) is 81.8 cm³/mol. The van der Waals surface area contributed by atoms with Crippen LogP contribution in [-0.2, 0) is 0 Å². The number of hydrogen-bond acceptors (Lipinski definition) is 5. The van der Waals surface area contributed by atoms with E-state index in [1.54, 1.807) is 6.33 Å². The maximum atomic E-state index is 9.07. The number of nitrogens with zero attached hydrogens (tertiary/aromatic N) is 2. The zero-order chi connectivity index (χ0) is 14.2. The Labute approximate surface area is 121 Å². The largest absolute Gasteiger partial charge is 0.396 e. The monoisotopic (exact) mass is 278 g/mol. The standard InChI is InChI=1S/C15H26N4O/c1-2-3-12(6-7-20)9-16-14-8-15(19-11-18-14)17-10-13-4-5-13/h8,11-13,20H,2-7,9-10H2,1H3,(H2,16,17,18,19). The number of aliphatic hydroxyl groups is 1. The Hall–Kier alpha value is -1.36. The van der Waals surface area contributed by atoms with Gasteiger partial charge in [0.1, 0.15) is 18.0 Å². The van der Waals surface area contributed by atoms with Crippen molar-refractivity contribution >= 4 is 11.6 Å². The number of nitrogens with one attached hydrogen (secondary N) is 2. The van der Waals surface area contributed by atoms with Crippen LogP contribution in [0.15, 0.2) is 12.4 Å². The topological polar surface area (TPSA) is 70.1 Å². The third kappa shape index (κ3) is 5.33. The lowest BCUT2D eigenvalue weighted by atomic mass is 10.0. The molecule has 1 heterocycles. The summed E-state index contributed by atoms with van der Waals surface area (Å²) in [5.74, 6) is 3.09. The van der Waals surface area contributed by atoms with Gasteiger partial charge in [-0.25, -0.2) is 9.97 Å². The summed E-state index contributed by atoms with van der Waals surface area (Å²) < 4.78 is 0. The molecule has 5 nitrogen and oxygen atoms in total. The molecule has 1 fully saturated rings. The summed E-state index contributed by atoms with van der Waals surface area (Å²) in [6.07, 6.45) is 7.39. The molecule has 0 radical (unpaired) electrons. The summed E-state index contributed by atoms with van der Waals surface area (Å²) in [5.41, 5.74) is 0. The molecule has 0 amide bonds. The smallest absolute Gasteiger partial charge is 0.131 e. The van der Waals surface area contributed by atoms with Crippen molar-refractivity contribution in [2.75, 3.05) is 30.3 Å². The lowest BCUT2D eigenvalue weighted by Crippen LogP contribution is -2.16. The number of anilines is 2. The summed E-state index contributed by atoms with van der Waals surface area (Å²) in [6, 6.07) is 1.96. The fourth-order valence-corrected chi connectivity index (χ4v) is 2.31. The van der Waals surface area contributed by atoms with Crippen LogP contribution in [-0.4, -0.2) is 34.8 Å². The van der Waals surface area contributed by atoms with Gasteiger partial charge in [-0.05, 0) is 37.5 Å². The van der Waals surface area contributed by atoms with E-state index in [0.29, 0.717) is 5.92 Å². The van der Waals surface area contributed by atoms with Crippen LogP contribution in [0.1, 0.15) is 39.0 Å². The highest BCUT2D eigenvalue weighted by atomic mass is 16.3. The van der Waals surface area contributed by atoms with E-state index in [0.717, 1.165) is 49.9 Å². The van der Waals surface area contributed by atoms with Crippen LogP contribution < -0.4 is 10.6 Å². The first-order chi connectivity index (χ1) is 9.81. The number of rotatable bonds is 10. The van der Waals surface area contributed by atoms with E-state index in [-0.39, 0.29) is 6.61 Å². The van der Waals surface area contributed by atoms with Gasteiger partial charge in [0.2, 0.25) is 0 Å². The third-order valence-corrected chi connectivity index (χ3v) is 3.74. The molecule has 1 aromatic rings. The minimum Gasteiger partial charge on any atom is -0.396 e. The van der Waals surface area contributed by atoms with Crippen LogP contribution in [0.5, 0.6) is 0 Å². The van der Waals surface area contributed by atoms with Crippen LogP contribution in [0.4, 0.5) is 11.6 Å². The fraction of sp³-hybridized carbons (Fsp3) is 0.733. The molecule has 2 rings (SSSR count). The molecule has 0 saturated heterocycles. The van der Waals surface area contributed by atoms with Crippen LogP contribution >= 0.6 is 0 Å². The van der Waals surface area contributed by atoms with Crippen molar-refractivity contribution in [3.8, 4) is 0 Å². The van der Waals surface area contributed by atoms with Crippen LogP contribution in [0.2, 0.25) is 0 Å². The lowest BCUT2D eigenvalue weighted by molar-refractivity contribution is 0.255. The first-order valence-corrected chi connectivity index (χ1v) is 7.72. The van der Waals surface area contributed by atoms with E-state index in [9.17, 15) is 0 Å². The van der Waals surface area contributed by atoms with E-state index in [2.05, 4.69) is 27.5 Å². The molecule has 0 aliphatic heterocycles. The number of aliphatic hydroxyl groups excluding tert-OH is 1. The van der Waals surface area contributed by atoms with Gasteiger partial charge in [0, 0.05) is 25.8 Å². The molecule has 1 aliphatic carbocycles.